The number of Topliss-reactive ketones (excluding diaryl/α,β-unsaturated/α-hetero) is 2. The number of hydrogen-bond donors (Lipinski definition) is 7. The van der Waals surface area contributed by atoms with E-state index in [2.05, 4.69) is 170 Å². The highest BCUT2D eigenvalue weighted by atomic mass is 16.8. The number of aromatic nitrogens is 4. The Labute approximate surface area is 630 Å². The first kappa shape index (κ1) is 75.8. The van der Waals surface area contributed by atoms with Crippen molar-refractivity contribution in [1.29, 1.82) is 0 Å². The van der Waals surface area contributed by atoms with Crippen molar-refractivity contribution in [2.75, 3.05) is 0 Å². The molecule has 2 aromatic heterocycles. The molecule has 0 radical (unpaired) electrons. The molecule has 16 aliphatic carbocycles. The summed E-state index contributed by atoms with van der Waals surface area (Å²) in [5.74, 6) is 14.7. The number of fused-ring (bicyclic) bond motifs is 31. The zero-order valence-electron chi connectivity index (χ0n) is 66.2. The maximum absolute atomic E-state index is 12.6. The minimum Gasteiger partial charge on any atom is -0.515 e. The first-order valence-corrected chi connectivity index (χ1v) is 41.5. The summed E-state index contributed by atoms with van der Waals surface area (Å²) >= 11 is 0. The Kier molecular flexibility index (Phi) is 18.6. The highest BCUT2D eigenvalue weighted by molar-refractivity contribution is 5.96. The molecular weight excluding hydrogens is 1330 g/mol. The normalized spacial score (nSPS) is 52.2. The predicted octanol–water partition coefficient (Wildman–Crippen LogP) is 13.8. The van der Waals surface area contributed by atoms with E-state index >= 15 is 0 Å². The van der Waals surface area contributed by atoms with E-state index in [0.29, 0.717) is 118 Å². The van der Waals surface area contributed by atoms with Gasteiger partial charge in [0.1, 0.15) is 5.78 Å². The van der Waals surface area contributed by atoms with Crippen LogP contribution in [0.25, 0.3) is 0 Å². The fourth-order valence-corrected chi connectivity index (χ4v) is 29.9. The number of aliphatic hydroxyl groups is 3. The number of ether oxygens (including phenoxy) is 6. The second-order valence-corrected chi connectivity index (χ2v) is 41.2. The van der Waals surface area contributed by atoms with Crippen LogP contribution in [-0.2, 0) is 63.7 Å². The van der Waals surface area contributed by atoms with E-state index in [4.69, 9.17) is 28.4 Å². The number of nitrogens with two attached hydrogens (primary N) is 2. The van der Waals surface area contributed by atoms with Gasteiger partial charge in [-0.3, -0.25) is 31.5 Å². The van der Waals surface area contributed by atoms with Crippen LogP contribution in [0, 0.1) is 138 Å². The Morgan fingerprint density at radius 3 is 1.17 bits per heavy atom. The van der Waals surface area contributed by atoms with Crippen LogP contribution < -0.4 is 11.7 Å². The molecule has 2 aromatic rings. The summed E-state index contributed by atoms with van der Waals surface area (Å²) in [7, 11) is 0. The van der Waals surface area contributed by atoms with E-state index in [-0.39, 0.29) is 98.1 Å². The summed E-state index contributed by atoms with van der Waals surface area (Å²) in [5.41, 5.74) is 7.51. The second-order valence-electron chi connectivity index (χ2n) is 41.2. The van der Waals surface area contributed by atoms with Gasteiger partial charge in [0.2, 0.25) is 0 Å². The highest BCUT2D eigenvalue weighted by Gasteiger charge is 2.72. The molecule has 0 unspecified atom stereocenters. The summed E-state index contributed by atoms with van der Waals surface area (Å²) in [4.78, 5) is 24.9. The van der Waals surface area contributed by atoms with Gasteiger partial charge in [-0.05, 0) is 294 Å². The van der Waals surface area contributed by atoms with Crippen LogP contribution in [0.1, 0.15) is 229 Å². The fraction of sp³-hybridized carbons (Fsp3) is 0.795. The van der Waals surface area contributed by atoms with Crippen LogP contribution in [0.5, 0.6) is 0 Å². The molecule has 3 saturated heterocycles. The van der Waals surface area contributed by atoms with Crippen LogP contribution in [0.2, 0.25) is 0 Å². The lowest BCUT2D eigenvalue weighted by atomic mass is 9.43. The van der Waals surface area contributed by atoms with Gasteiger partial charge in [0, 0.05) is 48.1 Å². The third kappa shape index (κ3) is 11.4. The van der Waals surface area contributed by atoms with Gasteiger partial charge in [0.05, 0.1) is 67.5 Å². The molecule has 19 aliphatic rings. The van der Waals surface area contributed by atoms with Crippen molar-refractivity contribution in [1.82, 2.24) is 20.4 Å². The number of nitrogens with one attached hydrogen (secondary N) is 2. The fourth-order valence-electron chi connectivity index (χ4n) is 29.9. The van der Waals surface area contributed by atoms with Crippen molar-refractivity contribution in [3.05, 3.63) is 95.4 Å². The molecule has 0 aromatic carbocycles. The first-order valence-electron chi connectivity index (χ1n) is 41.5. The Bertz CT molecular complexity index is 3870. The molecule has 21 rings (SSSR count). The SMILES string of the molecule is CC1(C)O[C@H]2[C@H](O1)[C@H]1CC(=O)C(=CO)C[C@]1(C)[C@H]1CC[C@]3(C)C=CC[C@H]3[C@H]21.CC1(C)O[C@H]2[C@H](O1)[C@H]1CC(=O)CC[C@]1(C)[C@H]1CC[C@]3(C)C=CC[C@H]3[C@H]21.CC1(C)O[C@H]2[C@H](O1)[C@H]1Cc3[nH]ncc3C[C@]1(C)[C@H]1CC[C@]3(C)C=CC[C@H]3[C@H]21.C[C@]12Cc3cn[nH]c3C[C@@H]1[C@@H](O)[C@H](O)[C@@H]1[C@@H]2CC[C@]2(C)C=CC[C@@H]12.NN.O. The molecule has 0 bridgehead atoms. The van der Waals surface area contributed by atoms with E-state index < -0.39 is 29.6 Å². The van der Waals surface area contributed by atoms with E-state index in [9.17, 15) is 24.9 Å². The smallest absolute Gasteiger partial charge is 0.163 e. The quantitative estimate of drug-likeness (QED) is 0.0424. The van der Waals surface area contributed by atoms with Gasteiger partial charge >= 0.3 is 0 Å². The topological polar surface area (TPSA) is 291 Å². The number of carbonyl (C=O) groups is 2. The molecular formula is C88H130N6O12. The van der Waals surface area contributed by atoms with E-state index in [1.165, 1.54) is 68.2 Å². The predicted molar refractivity (Wildman–Crippen MR) is 404 cm³/mol. The van der Waals surface area contributed by atoms with Gasteiger partial charge in [-0.15, -0.1) is 0 Å². The van der Waals surface area contributed by atoms with Crippen LogP contribution >= 0.6 is 0 Å². The largest absolute Gasteiger partial charge is 0.515 e. The van der Waals surface area contributed by atoms with Crippen molar-refractivity contribution in [2.45, 2.75) is 298 Å². The number of aromatic amines is 2. The lowest BCUT2D eigenvalue weighted by Gasteiger charge is -2.62. The Morgan fingerprint density at radius 2 is 0.755 bits per heavy atom. The summed E-state index contributed by atoms with van der Waals surface area (Å²) in [6.45, 7) is 31.8. The number of H-pyrrole nitrogens is 2. The molecule has 0 spiro atoms. The molecule has 18 nitrogen and oxygen atoms in total. The lowest BCUT2D eigenvalue weighted by molar-refractivity contribution is -0.201. The van der Waals surface area contributed by atoms with Gasteiger partial charge in [-0.25, -0.2) is 0 Å². The van der Waals surface area contributed by atoms with Crippen LogP contribution in [0.3, 0.4) is 0 Å². The summed E-state index contributed by atoms with van der Waals surface area (Å²) in [6, 6.07) is 0. The van der Waals surface area contributed by atoms with E-state index in [1.54, 1.807) is 0 Å². The minimum absolute atomic E-state index is 0. The van der Waals surface area contributed by atoms with Crippen molar-refractivity contribution in [3.63, 3.8) is 0 Å². The lowest BCUT2D eigenvalue weighted by Crippen LogP contribution is -2.64. The molecule has 0 amide bonds. The van der Waals surface area contributed by atoms with Gasteiger partial charge < -0.3 is 49.2 Å². The molecule has 5 heterocycles. The maximum Gasteiger partial charge on any atom is 0.163 e. The number of nitrogens with zero attached hydrogens (tertiary/aromatic N) is 2. The van der Waals surface area contributed by atoms with Crippen molar-refractivity contribution in [2.24, 2.45) is 150 Å². The summed E-state index contributed by atoms with van der Waals surface area (Å²) in [6.07, 6.45) is 46.0. The van der Waals surface area contributed by atoms with Crippen molar-refractivity contribution in [3.8, 4) is 0 Å². The monoisotopic (exact) mass is 1460 g/mol. The molecule has 18 heteroatoms. The summed E-state index contributed by atoms with van der Waals surface area (Å²) in [5, 5.41) is 46.8. The number of ketones is 2. The first-order chi connectivity index (χ1) is 49.7. The third-order valence-corrected chi connectivity index (χ3v) is 34.9. The molecule has 584 valence electrons. The van der Waals surface area contributed by atoms with Crippen LogP contribution in [0.4, 0.5) is 0 Å². The number of hydrazine groups is 1. The van der Waals surface area contributed by atoms with E-state index in [1.807, 2.05) is 20.0 Å². The van der Waals surface area contributed by atoms with Crippen LogP contribution in [-0.4, -0.2) is 119 Å². The summed E-state index contributed by atoms with van der Waals surface area (Å²) < 4.78 is 39.3. The zero-order valence-corrected chi connectivity index (χ0v) is 66.2. The minimum atomic E-state index is -0.629. The standard InChI is InChI=1S/C23H32N2O2.C23H32O4.C22H32O3.C20H28N2O2.H4N2.H2O/c1-21(2)26-19-16-10-17-13(12-24-25-17)11-23(16,4)15-7-9-22(3)8-5-6-14(22)18(15)20(19)27-21;1-21(2)26-19-16-10-17(25)13(12-24)11-23(16,4)15-7-9-22(3)8-5-6-14(22)18(15)20(19)27-21;1-20(2)24-18-16-12-13(23)7-11-22(16,4)15-8-10-21(3)9-5-6-14(21)17(15)19(18)25-20;1-19-6-3-4-12(19)16-13(5-7-19)20(2)9-11-10-21-22-15(11)8-14(20)17(23)18(16)24;1-2;/h5,8,12,14-16,18-20H,6-7,9-11H2,1-4H3,(H,24,25);5,8,12,14-16,18-20,24H,6-7,9-11H2,1-4H3;5,9,14-19H,6-8,10-12H2,1-4H3;3,6,10,12-14,16-18,23-24H,4-5,7-9H2,1-2H3,(H,21,22);1-2H2;1H2/t2*14-,15-,16+,18-,19+,20+,22-,23+;14-,15-,16+,17-,18+,19+,21-,22+;12-,13-,14+,16-,17+,18+,19-,20+;;/m0000../s1. The maximum atomic E-state index is 12.6. The number of carbonyl (C=O) groups excluding carboxylic acids is 2. The number of rotatable bonds is 0. The van der Waals surface area contributed by atoms with Crippen molar-refractivity contribution >= 4 is 11.6 Å². The van der Waals surface area contributed by atoms with Crippen molar-refractivity contribution < 1.29 is 58.8 Å². The highest BCUT2D eigenvalue weighted by Crippen LogP contribution is 2.72. The Balaban J connectivity index is 0.000000107. The molecule has 106 heavy (non-hydrogen) atoms. The molecule has 3 aliphatic heterocycles. The van der Waals surface area contributed by atoms with Gasteiger partial charge in [-0.2, -0.15) is 10.2 Å². The molecule has 32 atom stereocenters. The van der Waals surface area contributed by atoms with Gasteiger partial charge in [0.15, 0.2) is 23.1 Å². The molecule has 13 fully saturated rings. The number of aliphatic hydroxyl groups excluding tert-OH is 3. The Hall–Kier alpha value is -4.18. The average Bonchev–Trinajstić information content (AvgIpc) is 1.57. The molecule has 11 N–H and O–H groups in total. The molecule has 10 saturated carbocycles. The van der Waals surface area contributed by atoms with Gasteiger partial charge in [-0.1, -0.05) is 104 Å². The average molecular weight is 1460 g/mol. The second kappa shape index (κ2) is 25.9. The van der Waals surface area contributed by atoms with E-state index in [0.717, 1.165) is 76.2 Å². The zero-order chi connectivity index (χ0) is 74.1. The third-order valence-electron chi connectivity index (χ3n) is 34.9. The number of hydrogen-bond acceptors (Lipinski definition) is 15. The number of allylic oxidation sites excluding steroid dienone is 9. The van der Waals surface area contributed by atoms with Gasteiger partial charge in [0.25, 0.3) is 0 Å². The van der Waals surface area contributed by atoms with Crippen LogP contribution in [0.15, 0.2) is 72.8 Å². The Morgan fingerprint density at radius 1 is 0.415 bits per heavy atom.